The molecule has 1 aromatic rings. The molecule has 0 unspecified atom stereocenters. The number of anilines is 1. The molecular weight excluding hydrogens is 402 g/mol. The van der Waals surface area contributed by atoms with Crippen molar-refractivity contribution in [2.45, 2.75) is 0 Å². The van der Waals surface area contributed by atoms with Crippen molar-refractivity contribution in [3.05, 3.63) is 35.7 Å². The van der Waals surface area contributed by atoms with Crippen LogP contribution in [0.3, 0.4) is 0 Å². The van der Waals surface area contributed by atoms with Gasteiger partial charge >= 0.3 is 0 Å². The third kappa shape index (κ3) is 5.92. The molecule has 0 radical (unpaired) electrons. The van der Waals surface area contributed by atoms with Crippen LogP contribution in [0, 0.1) is 10.1 Å². The molecule has 0 saturated heterocycles. The van der Waals surface area contributed by atoms with Crippen molar-refractivity contribution >= 4 is 53.5 Å². The van der Waals surface area contributed by atoms with Crippen molar-refractivity contribution in [2.24, 2.45) is 5.84 Å². The van der Waals surface area contributed by atoms with Gasteiger partial charge < -0.3 is 10.6 Å². The average molecular weight is 408 g/mol. The van der Waals surface area contributed by atoms with Gasteiger partial charge in [0.2, 0.25) is 0 Å². The number of hydrazine groups is 1. The number of rotatable bonds is 1. The highest BCUT2D eigenvalue weighted by molar-refractivity contribution is 9.13. The number of benzene rings is 1. The molecule has 0 amide bonds. The van der Waals surface area contributed by atoms with Gasteiger partial charge in [-0.2, -0.15) is 0 Å². The van der Waals surface area contributed by atoms with Crippen molar-refractivity contribution in [3.63, 3.8) is 0 Å². The summed E-state index contributed by atoms with van der Waals surface area (Å²) in [5.41, 5.74) is 3.41. The molecule has 0 fully saturated rings. The molecular formula is C6H6Br3N3O3. The highest BCUT2D eigenvalue weighted by atomic mass is 79.9. The summed E-state index contributed by atoms with van der Waals surface area (Å²) in [6.45, 7) is 0. The van der Waals surface area contributed by atoms with E-state index in [1.165, 1.54) is 0 Å². The smallest absolute Gasteiger partial charge is 0.291 e. The van der Waals surface area contributed by atoms with E-state index in [9.17, 15) is 0 Å². The molecule has 9 heteroatoms. The number of hydrogen-bond acceptors (Lipinski definition) is 4. The molecule has 84 valence electrons. The van der Waals surface area contributed by atoms with Crippen molar-refractivity contribution in [1.82, 2.24) is 0 Å². The number of halogens is 3. The van der Waals surface area contributed by atoms with Crippen LogP contribution in [0.25, 0.3) is 0 Å². The molecule has 0 spiro atoms. The largest absolute Gasteiger partial charge is 0.328 e. The lowest BCUT2D eigenvalue weighted by Crippen LogP contribution is -2.07. The highest BCUT2D eigenvalue weighted by Crippen LogP contribution is 2.33. The van der Waals surface area contributed by atoms with Crippen molar-refractivity contribution < 1.29 is 10.3 Å². The fourth-order valence-electron chi connectivity index (χ4n) is 0.661. The first kappa shape index (κ1) is 14.6. The third-order valence-electron chi connectivity index (χ3n) is 1.15. The molecule has 0 aromatic heterocycles. The van der Waals surface area contributed by atoms with Crippen LogP contribution in [0.4, 0.5) is 5.69 Å². The van der Waals surface area contributed by atoms with Gasteiger partial charge in [0.15, 0.2) is 0 Å². The van der Waals surface area contributed by atoms with Gasteiger partial charge in [-0.25, -0.2) is 0 Å². The van der Waals surface area contributed by atoms with Gasteiger partial charge in [0.05, 0.1) is 10.2 Å². The fourth-order valence-corrected chi connectivity index (χ4v) is 2.23. The van der Waals surface area contributed by atoms with Crippen LogP contribution in [-0.4, -0.2) is 10.3 Å². The van der Waals surface area contributed by atoms with Crippen molar-refractivity contribution in [2.75, 3.05) is 5.43 Å². The molecule has 0 atom stereocenters. The van der Waals surface area contributed by atoms with Crippen LogP contribution in [0.1, 0.15) is 0 Å². The number of hydrogen-bond donors (Lipinski definition) is 3. The van der Waals surface area contributed by atoms with Gasteiger partial charge in [-0.15, -0.1) is 10.1 Å². The molecule has 1 rings (SSSR count). The van der Waals surface area contributed by atoms with E-state index in [1.54, 1.807) is 0 Å². The van der Waals surface area contributed by atoms with Crippen LogP contribution in [-0.2, 0) is 0 Å². The monoisotopic (exact) mass is 405 g/mol. The van der Waals surface area contributed by atoms with E-state index >= 15 is 0 Å². The summed E-state index contributed by atoms with van der Waals surface area (Å²) >= 11 is 10.1. The first-order valence-electron chi connectivity index (χ1n) is 3.33. The van der Waals surface area contributed by atoms with E-state index in [2.05, 4.69) is 53.2 Å². The number of nitrogen functional groups attached to an aromatic ring is 1. The summed E-state index contributed by atoms with van der Waals surface area (Å²) in [6.07, 6.45) is 0. The molecule has 1 aromatic carbocycles. The Hall–Kier alpha value is -0.380. The lowest BCUT2D eigenvalue weighted by Gasteiger charge is -2.05. The minimum Gasteiger partial charge on any atom is -0.328 e. The van der Waals surface area contributed by atoms with E-state index in [1.807, 2.05) is 12.1 Å². The van der Waals surface area contributed by atoms with Gasteiger partial charge in [0.25, 0.3) is 5.09 Å². The normalized spacial score (nSPS) is 8.80. The molecule has 6 nitrogen and oxygen atoms in total. The zero-order valence-corrected chi connectivity index (χ0v) is 11.8. The van der Waals surface area contributed by atoms with Gasteiger partial charge in [-0.1, -0.05) is 15.9 Å². The van der Waals surface area contributed by atoms with Gasteiger partial charge in [-0.05, 0) is 44.0 Å². The summed E-state index contributed by atoms with van der Waals surface area (Å²) in [5, 5.41) is 13.6. The summed E-state index contributed by atoms with van der Waals surface area (Å²) in [7, 11) is 0. The Bertz CT molecular complexity index is 357. The first-order chi connectivity index (χ1) is 6.88. The van der Waals surface area contributed by atoms with E-state index in [0.29, 0.717) is 0 Å². The Morgan fingerprint density at radius 2 is 1.87 bits per heavy atom. The highest BCUT2D eigenvalue weighted by Gasteiger charge is 2.03. The minimum atomic E-state index is -1.50. The lowest BCUT2D eigenvalue weighted by atomic mass is 10.3. The van der Waals surface area contributed by atoms with Gasteiger partial charge in [0, 0.05) is 8.95 Å². The van der Waals surface area contributed by atoms with Gasteiger partial charge in [0.1, 0.15) is 0 Å². The summed E-state index contributed by atoms with van der Waals surface area (Å²) in [6, 6.07) is 3.82. The Kier molecular flexibility index (Phi) is 6.81. The van der Waals surface area contributed by atoms with Gasteiger partial charge in [-0.3, -0.25) is 5.84 Å². The lowest BCUT2D eigenvalue weighted by molar-refractivity contribution is -0.742. The SMILES string of the molecule is NNc1cc(Br)cc(Br)c1Br.O=[N+]([O-])O. The molecule has 0 saturated carbocycles. The van der Waals surface area contributed by atoms with E-state index in [0.717, 1.165) is 19.1 Å². The minimum absolute atomic E-state index is 0.839. The van der Waals surface area contributed by atoms with E-state index in [4.69, 9.17) is 21.2 Å². The topological polar surface area (TPSA) is 101 Å². The molecule has 0 heterocycles. The third-order valence-corrected chi connectivity index (χ3v) is 3.62. The summed E-state index contributed by atoms with van der Waals surface area (Å²) in [4.78, 5) is 8.36. The van der Waals surface area contributed by atoms with Crippen LogP contribution >= 0.6 is 47.8 Å². The maximum Gasteiger partial charge on any atom is 0.291 e. The van der Waals surface area contributed by atoms with Crippen molar-refractivity contribution in [3.8, 4) is 0 Å². The summed E-state index contributed by atoms with van der Waals surface area (Å²) in [5.74, 6) is 5.27. The number of nitrogens with two attached hydrogens (primary N) is 1. The number of nitrogens with one attached hydrogen (secondary N) is 1. The zero-order valence-electron chi connectivity index (χ0n) is 7.08. The Balaban J connectivity index is 0.000000423. The second-order valence-electron chi connectivity index (χ2n) is 2.13. The fraction of sp³-hybridized carbons (Fsp3) is 0. The van der Waals surface area contributed by atoms with E-state index < -0.39 is 5.09 Å². The molecule has 15 heavy (non-hydrogen) atoms. The Labute approximate surface area is 110 Å². The Morgan fingerprint density at radius 1 is 1.40 bits per heavy atom. The first-order valence-corrected chi connectivity index (χ1v) is 5.70. The second-order valence-corrected chi connectivity index (χ2v) is 4.69. The van der Waals surface area contributed by atoms with Crippen LogP contribution in [0.15, 0.2) is 25.6 Å². The van der Waals surface area contributed by atoms with Crippen LogP contribution in [0.2, 0.25) is 0 Å². The molecule has 0 bridgehead atoms. The molecule has 0 aliphatic heterocycles. The van der Waals surface area contributed by atoms with Crippen molar-refractivity contribution in [1.29, 1.82) is 0 Å². The zero-order chi connectivity index (χ0) is 12.0. The number of nitrogens with zero attached hydrogens (tertiary/aromatic N) is 1. The standard InChI is InChI=1S/C6H5Br3N2.HNO3/c7-3-1-4(8)6(9)5(2-3)11-10;2-1(3)4/h1-2,11H,10H2;(H,2,3,4). The second kappa shape index (κ2) is 6.99. The Morgan fingerprint density at radius 3 is 2.27 bits per heavy atom. The van der Waals surface area contributed by atoms with E-state index in [-0.39, 0.29) is 0 Å². The van der Waals surface area contributed by atoms with Crippen LogP contribution in [0.5, 0.6) is 0 Å². The maximum atomic E-state index is 8.36. The average Bonchev–Trinajstić information content (AvgIpc) is 2.10. The molecule has 0 aliphatic carbocycles. The molecule has 4 N–H and O–H groups in total. The predicted octanol–water partition coefficient (Wildman–Crippen LogP) is 2.91. The maximum absolute atomic E-state index is 8.36. The quantitative estimate of drug-likeness (QED) is 0.287. The summed E-state index contributed by atoms with van der Waals surface area (Å²) < 4.78 is 2.85. The van der Waals surface area contributed by atoms with Crippen LogP contribution < -0.4 is 11.3 Å². The predicted molar refractivity (Wildman–Crippen MR) is 66.1 cm³/mol. The molecule has 0 aliphatic rings.